The Kier molecular flexibility index (Phi) is 5.72. The van der Waals surface area contributed by atoms with Gasteiger partial charge in [0.1, 0.15) is 0 Å². The van der Waals surface area contributed by atoms with Crippen LogP contribution in [0.2, 0.25) is 0 Å². The van der Waals surface area contributed by atoms with Crippen LogP contribution in [-0.4, -0.2) is 31.6 Å². The quantitative estimate of drug-likeness (QED) is 0.834. The molecular formula is C13H21IN2. The minimum atomic E-state index is 0.416. The van der Waals surface area contributed by atoms with Crippen molar-refractivity contribution in [2.75, 3.05) is 20.6 Å². The number of likely N-dealkylation sites (N-methyl/N-ethyl adjacent to an activating group) is 1. The molecule has 0 aliphatic carbocycles. The van der Waals surface area contributed by atoms with Crippen molar-refractivity contribution in [2.24, 2.45) is 0 Å². The third-order valence-electron chi connectivity index (χ3n) is 2.97. The highest BCUT2D eigenvalue weighted by Gasteiger charge is 2.08. The summed E-state index contributed by atoms with van der Waals surface area (Å²) >= 11 is 2.33. The van der Waals surface area contributed by atoms with Crippen LogP contribution in [0.3, 0.4) is 0 Å². The van der Waals surface area contributed by atoms with Crippen molar-refractivity contribution in [3.8, 4) is 0 Å². The summed E-state index contributed by atoms with van der Waals surface area (Å²) in [5.41, 5.74) is 1.35. The van der Waals surface area contributed by atoms with Crippen LogP contribution in [0.5, 0.6) is 0 Å². The first-order valence-electron chi connectivity index (χ1n) is 5.66. The molecule has 16 heavy (non-hydrogen) atoms. The molecule has 0 aliphatic rings. The monoisotopic (exact) mass is 332 g/mol. The highest BCUT2D eigenvalue weighted by molar-refractivity contribution is 14.1. The van der Waals surface area contributed by atoms with E-state index in [1.807, 2.05) is 0 Å². The standard InChI is InChI=1S/C13H21IN2/c1-10(16(3)4)9-15-11(2)12-5-7-13(14)8-6-12/h5-8,10-11,15H,9H2,1-4H3. The first-order chi connectivity index (χ1) is 7.50. The summed E-state index contributed by atoms with van der Waals surface area (Å²) in [5.74, 6) is 0. The van der Waals surface area contributed by atoms with Gasteiger partial charge in [0.05, 0.1) is 0 Å². The second-order valence-corrected chi connectivity index (χ2v) is 5.74. The Morgan fingerprint density at radius 3 is 2.25 bits per heavy atom. The smallest absolute Gasteiger partial charge is 0.0292 e. The van der Waals surface area contributed by atoms with Crippen LogP contribution in [0.4, 0.5) is 0 Å². The summed E-state index contributed by atoms with van der Waals surface area (Å²) in [6, 6.07) is 9.68. The second kappa shape index (κ2) is 6.57. The summed E-state index contributed by atoms with van der Waals surface area (Å²) in [4.78, 5) is 2.23. The lowest BCUT2D eigenvalue weighted by Gasteiger charge is -2.23. The fourth-order valence-electron chi connectivity index (χ4n) is 1.40. The molecule has 0 amide bonds. The predicted octanol–water partition coefficient (Wildman–Crippen LogP) is 2.89. The Bertz CT molecular complexity index is 308. The van der Waals surface area contributed by atoms with Gasteiger partial charge in [0.15, 0.2) is 0 Å². The first kappa shape index (κ1) is 13.9. The van der Waals surface area contributed by atoms with Crippen molar-refractivity contribution in [3.05, 3.63) is 33.4 Å². The second-order valence-electron chi connectivity index (χ2n) is 4.49. The third kappa shape index (κ3) is 4.39. The van der Waals surface area contributed by atoms with Crippen LogP contribution in [-0.2, 0) is 0 Å². The molecule has 1 aromatic carbocycles. The zero-order chi connectivity index (χ0) is 12.1. The highest BCUT2D eigenvalue weighted by Crippen LogP contribution is 2.14. The van der Waals surface area contributed by atoms with Crippen molar-refractivity contribution in [1.82, 2.24) is 10.2 Å². The van der Waals surface area contributed by atoms with E-state index >= 15 is 0 Å². The SMILES string of the molecule is CC(NCC(C)N(C)C)c1ccc(I)cc1. The highest BCUT2D eigenvalue weighted by atomic mass is 127. The predicted molar refractivity (Wildman–Crippen MR) is 78.7 cm³/mol. The van der Waals surface area contributed by atoms with Crippen molar-refractivity contribution in [3.63, 3.8) is 0 Å². The van der Waals surface area contributed by atoms with Gasteiger partial charge in [-0.1, -0.05) is 12.1 Å². The molecule has 0 saturated carbocycles. The summed E-state index contributed by atoms with van der Waals surface area (Å²) in [5, 5.41) is 3.56. The van der Waals surface area contributed by atoms with Gasteiger partial charge in [-0.15, -0.1) is 0 Å². The molecule has 0 radical (unpaired) electrons. The molecule has 3 heteroatoms. The Morgan fingerprint density at radius 1 is 1.19 bits per heavy atom. The van der Waals surface area contributed by atoms with E-state index in [0.717, 1.165) is 6.54 Å². The van der Waals surface area contributed by atoms with Gasteiger partial charge in [-0.05, 0) is 68.2 Å². The lowest BCUT2D eigenvalue weighted by atomic mass is 10.1. The molecule has 2 atom stereocenters. The molecule has 1 rings (SSSR count). The molecule has 2 nitrogen and oxygen atoms in total. The lowest BCUT2D eigenvalue weighted by molar-refractivity contribution is 0.295. The van der Waals surface area contributed by atoms with Crippen molar-refractivity contribution in [2.45, 2.75) is 25.9 Å². The summed E-state index contributed by atoms with van der Waals surface area (Å²) in [7, 11) is 4.23. The molecule has 0 bridgehead atoms. The van der Waals surface area contributed by atoms with Crippen LogP contribution < -0.4 is 5.32 Å². The van der Waals surface area contributed by atoms with E-state index in [1.54, 1.807) is 0 Å². The summed E-state index contributed by atoms with van der Waals surface area (Å²) in [6.07, 6.45) is 0. The van der Waals surface area contributed by atoms with E-state index in [4.69, 9.17) is 0 Å². The molecule has 2 unspecified atom stereocenters. The number of rotatable bonds is 5. The molecule has 1 N–H and O–H groups in total. The van der Waals surface area contributed by atoms with Crippen molar-refractivity contribution in [1.29, 1.82) is 0 Å². The van der Waals surface area contributed by atoms with Crippen molar-refractivity contribution < 1.29 is 0 Å². The van der Waals surface area contributed by atoms with Gasteiger partial charge >= 0.3 is 0 Å². The van der Waals surface area contributed by atoms with E-state index in [2.05, 4.69) is 85.0 Å². The van der Waals surface area contributed by atoms with Crippen LogP contribution in [0.25, 0.3) is 0 Å². The van der Waals surface area contributed by atoms with E-state index in [9.17, 15) is 0 Å². The maximum Gasteiger partial charge on any atom is 0.0292 e. The van der Waals surface area contributed by atoms with E-state index < -0.39 is 0 Å². The van der Waals surface area contributed by atoms with Gasteiger partial charge in [0.2, 0.25) is 0 Å². The minimum Gasteiger partial charge on any atom is -0.309 e. The maximum atomic E-state index is 3.56. The zero-order valence-electron chi connectivity index (χ0n) is 10.5. The molecular weight excluding hydrogens is 311 g/mol. The minimum absolute atomic E-state index is 0.416. The molecule has 0 heterocycles. The topological polar surface area (TPSA) is 15.3 Å². The first-order valence-corrected chi connectivity index (χ1v) is 6.74. The van der Waals surface area contributed by atoms with Gasteiger partial charge in [0, 0.05) is 22.2 Å². The third-order valence-corrected chi connectivity index (χ3v) is 3.69. The van der Waals surface area contributed by atoms with Gasteiger partial charge in [-0.3, -0.25) is 0 Å². The zero-order valence-corrected chi connectivity index (χ0v) is 12.7. The fraction of sp³-hybridized carbons (Fsp3) is 0.538. The van der Waals surface area contributed by atoms with Crippen LogP contribution in [0, 0.1) is 3.57 Å². The molecule has 0 saturated heterocycles. The Labute approximate surface area is 113 Å². The molecule has 0 spiro atoms. The van der Waals surface area contributed by atoms with E-state index in [0.29, 0.717) is 12.1 Å². The van der Waals surface area contributed by atoms with Gasteiger partial charge in [-0.25, -0.2) is 0 Å². The molecule has 0 aliphatic heterocycles. The van der Waals surface area contributed by atoms with Gasteiger partial charge in [0.25, 0.3) is 0 Å². The number of nitrogens with one attached hydrogen (secondary N) is 1. The Morgan fingerprint density at radius 2 is 1.75 bits per heavy atom. The fourth-order valence-corrected chi connectivity index (χ4v) is 1.76. The number of nitrogens with zero attached hydrogens (tertiary/aromatic N) is 1. The average Bonchev–Trinajstić information content (AvgIpc) is 2.26. The number of hydrogen-bond donors (Lipinski definition) is 1. The largest absolute Gasteiger partial charge is 0.309 e. The summed E-state index contributed by atoms with van der Waals surface area (Å²) in [6.45, 7) is 5.46. The molecule has 0 fully saturated rings. The molecule has 1 aromatic rings. The number of halogens is 1. The molecule has 90 valence electrons. The Balaban J connectivity index is 2.46. The van der Waals surface area contributed by atoms with Gasteiger partial charge < -0.3 is 10.2 Å². The normalized spacial score (nSPS) is 15.1. The van der Waals surface area contributed by atoms with Crippen LogP contribution in [0.1, 0.15) is 25.5 Å². The van der Waals surface area contributed by atoms with Crippen molar-refractivity contribution >= 4 is 22.6 Å². The number of benzene rings is 1. The average molecular weight is 332 g/mol. The number of hydrogen-bond acceptors (Lipinski definition) is 2. The van der Waals surface area contributed by atoms with E-state index in [1.165, 1.54) is 9.13 Å². The Hall–Kier alpha value is -0.130. The molecule has 0 aromatic heterocycles. The van der Waals surface area contributed by atoms with Gasteiger partial charge in [-0.2, -0.15) is 0 Å². The lowest BCUT2D eigenvalue weighted by Crippen LogP contribution is -2.36. The van der Waals surface area contributed by atoms with E-state index in [-0.39, 0.29) is 0 Å². The van der Waals surface area contributed by atoms with Crippen LogP contribution in [0.15, 0.2) is 24.3 Å². The van der Waals surface area contributed by atoms with Crippen LogP contribution >= 0.6 is 22.6 Å². The maximum absolute atomic E-state index is 3.56. The summed E-state index contributed by atoms with van der Waals surface area (Å²) < 4.78 is 1.29.